The van der Waals surface area contributed by atoms with E-state index in [0.717, 1.165) is 0 Å². The highest BCUT2D eigenvalue weighted by Gasteiger charge is 2.22. The van der Waals surface area contributed by atoms with Gasteiger partial charge < -0.3 is 10.0 Å². The summed E-state index contributed by atoms with van der Waals surface area (Å²) in [5, 5.41) is 10.9. The van der Waals surface area contributed by atoms with Crippen LogP contribution < -0.4 is 10.2 Å². The quantitative estimate of drug-likeness (QED) is 0.654. The normalized spacial score (nSPS) is 15.6. The molecule has 7 nitrogen and oxygen atoms in total. The molecule has 0 radical (unpaired) electrons. The number of carbonyl (C=O) groups is 3. The maximum atomic E-state index is 11.1. The third-order valence-corrected chi connectivity index (χ3v) is 2.28. The van der Waals surface area contributed by atoms with Crippen LogP contribution >= 0.6 is 0 Å². The summed E-state index contributed by atoms with van der Waals surface area (Å²) in [5.74, 6) is -1.89. The highest BCUT2D eigenvalue weighted by atomic mass is 16.4. The van der Waals surface area contributed by atoms with Gasteiger partial charge in [-0.05, 0) is 12.1 Å². The smallest absolute Gasteiger partial charge is 0.354 e. The molecule has 0 spiro atoms. The van der Waals surface area contributed by atoms with Gasteiger partial charge in [0, 0.05) is 0 Å². The van der Waals surface area contributed by atoms with Crippen molar-refractivity contribution < 1.29 is 19.5 Å². The predicted molar refractivity (Wildman–Crippen MR) is 56.6 cm³/mol. The van der Waals surface area contributed by atoms with Gasteiger partial charge in [0.1, 0.15) is 5.69 Å². The van der Waals surface area contributed by atoms with Gasteiger partial charge in [0.05, 0.1) is 25.0 Å². The predicted octanol–water partition coefficient (Wildman–Crippen LogP) is -0.757. The average molecular weight is 235 g/mol. The summed E-state index contributed by atoms with van der Waals surface area (Å²) in [4.78, 5) is 38.1. The molecule has 0 aromatic carbocycles. The topological polar surface area (TPSA) is 99.6 Å². The first kappa shape index (κ1) is 11.1. The molecule has 1 aromatic rings. The van der Waals surface area contributed by atoms with E-state index in [1.54, 1.807) is 0 Å². The number of pyridine rings is 1. The lowest BCUT2D eigenvalue weighted by Gasteiger charge is -2.26. The first-order chi connectivity index (χ1) is 8.06. The molecule has 0 aliphatic carbocycles. The Morgan fingerprint density at radius 2 is 1.94 bits per heavy atom. The van der Waals surface area contributed by atoms with Crippen LogP contribution in [0, 0.1) is 0 Å². The highest BCUT2D eigenvalue weighted by Crippen LogP contribution is 2.14. The zero-order valence-corrected chi connectivity index (χ0v) is 8.71. The molecule has 2 rings (SSSR count). The van der Waals surface area contributed by atoms with E-state index < -0.39 is 5.97 Å². The van der Waals surface area contributed by atoms with Crippen LogP contribution in [0.25, 0.3) is 0 Å². The second-order valence-electron chi connectivity index (χ2n) is 3.53. The molecule has 2 heterocycles. The minimum atomic E-state index is -1.12. The van der Waals surface area contributed by atoms with Crippen LogP contribution in [-0.2, 0) is 9.59 Å². The van der Waals surface area contributed by atoms with E-state index in [1.165, 1.54) is 23.2 Å². The van der Waals surface area contributed by atoms with Gasteiger partial charge in [-0.1, -0.05) is 0 Å². The van der Waals surface area contributed by atoms with Gasteiger partial charge >= 0.3 is 5.97 Å². The Kier molecular flexibility index (Phi) is 2.73. The molecular weight excluding hydrogens is 226 g/mol. The number of nitrogens with one attached hydrogen (secondary N) is 1. The molecule has 1 aromatic heterocycles. The van der Waals surface area contributed by atoms with Crippen molar-refractivity contribution in [2.75, 3.05) is 18.0 Å². The number of nitrogens with zero attached hydrogens (tertiary/aromatic N) is 2. The number of hydrogen-bond acceptors (Lipinski definition) is 5. The van der Waals surface area contributed by atoms with Crippen molar-refractivity contribution in [2.45, 2.75) is 0 Å². The van der Waals surface area contributed by atoms with Crippen LogP contribution in [0.15, 0.2) is 18.3 Å². The van der Waals surface area contributed by atoms with Crippen molar-refractivity contribution in [3.63, 3.8) is 0 Å². The van der Waals surface area contributed by atoms with Crippen molar-refractivity contribution in [1.82, 2.24) is 10.3 Å². The third-order valence-electron chi connectivity index (χ3n) is 2.28. The maximum Gasteiger partial charge on any atom is 0.354 e. The molecule has 0 unspecified atom stereocenters. The lowest BCUT2D eigenvalue weighted by molar-refractivity contribution is -0.130. The summed E-state index contributed by atoms with van der Waals surface area (Å²) >= 11 is 0. The Labute approximate surface area is 96.1 Å². The highest BCUT2D eigenvalue weighted by molar-refractivity contribution is 6.02. The monoisotopic (exact) mass is 235 g/mol. The van der Waals surface area contributed by atoms with E-state index in [9.17, 15) is 14.4 Å². The first-order valence-electron chi connectivity index (χ1n) is 4.83. The number of anilines is 1. The Morgan fingerprint density at radius 1 is 1.29 bits per heavy atom. The summed E-state index contributed by atoms with van der Waals surface area (Å²) in [7, 11) is 0. The number of carboxylic acid groups (broad SMARTS) is 1. The molecule has 0 saturated carbocycles. The van der Waals surface area contributed by atoms with Gasteiger partial charge in [-0.2, -0.15) is 0 Å². The summed E-state index contributed by atoms with van der Waals surface area (Å²) < 4.78 is 0. The maximum absolute atomic E-state index is 11.1. The zero-order valence-electron chi connectivity index (χ0n) is 8.71. The van der Waals surface area contributed by atoms with Crippen molar-refractivity contribution in [3.05, 3.63) is 24.0 Å². The van der Waals surface area contributed by atoms with Gasteiger partial charge in [0.25, 0.3) is 0 Å². The number of carbonyl (C=O) groups excluding carboxylic acids is 2. The first-order valence-corrected chi connectivity index (χ1v) is 4.83. The second-order valence-corrected chi connectivity index (χ2v) is 3.53. The Balaban J connectivity index is 2.19. The summed E-state index contributed by atoms with van der Waals surface area (Å²) in [5.41, 5.74) is 0.458. The number of carboxylic acids is 1. The molecule has 2 amide bonds. The SMILES string of the molecule is O=C1CN(c2ccc(C(=O)O)nc2)CC(=O)N1. The third kappa shape index (κ3) is 2.39. The van der Waals surface area contributed by atoms with Gasteiger partial charge in [0.15, 0.2) is 0 Å². The minimum absolute atomic E-state index is 0.0554. The molecule has 17 heavy (non-hydrogen) atoms. The van der Waals surface area contributed by atoms with Gasteiger partial charge in [-0.25, -0.2) is 9.78 Å². The van der Waals surface area contributed by atoms with E-state index >= 15 is 0 Å². The average Bonchev–Trinajstić information content (AvgIpc) is 2.28. The van der Waals surface area contributed by atoms with E-state index in [2.05, 4.69) is 10.3 Å². The van der Waals surface area contributed by atoms with Gasteiger partial charge in [-0.15, -0.1) is 0 Å². The van der Waals surface area contributed by atoms with E-state index in [4.69, 9.17) is 5.11 Å². The fourth-order valence-electron chi connectivity index (χ4n) is 1.52. The Morgan fingerprint density at radius 3 is 2.41 bits per heavy atom. The number of amides is 2. The number of imide groups is 1. The van der Waals surface area contributed by atoms with Crippen molar-refractivity contribution in [3.8, 4) is 0 Å². The molecule has 1 aliphatic heterocycles. The molecule has 88 valence electrons. The molecule has 0 bridgehead atoms. The Hall–Kier alpha value is -2.44. The van der Waals surface area contributed by atoms with E-state index in [0.29, 0.717) is 5.69 Å². The van der Waals surface area contributed by atoms with Gasteiger partial charge in [-0.3, -0.25) is 14.9 Å². The molecule has 2 N–H and O–H groups in total. The number of rotatable bonds is 2. The molecule has 1 fully saturated rings. The lowest BCUT2D eigenvalue weighted by Crippen LogP contribution is -2.51. The lowest BCUT2D eigenvalue weighted by atomic mass is 10.2. The van der Waals surface area contributed by atoms with Gasteiger partial charge in [0.2, 0.25) is 11.8 Å². The standard InChI is InChI=1S/C10H9N3O4/c14-8-4-13(5-9(15)12-8)6-1-2-7(10(16)17)11-3-6/h1-3H,4-5H2,(H,16,17)(H,12,14,15). The minimum Gasteiger partial charge on any atom is -0.477 e. The van der Waals surface area contributed by atoms with Crippen LogP contribution in [0.3, 0.4) is 0 Å². The second kappa shape index (κ2) is 4.20. The zero-order chi connectivity index (χ0) is 12.4. The van der Waals surface area contributed by atoms with Crippen LogP contribution in [0.2, 0.25) is 0 Å². The number of hydrogen-bond donors (Lipinski definition) is 2. The number of aromatic nitrogens is 1. The molecule has 1 saturated heterocycles. The molecule has 7 heteroatoms. The fourth-order valence-corrected chi connectivity index (χ4v) is 1.52. The van der Waals surface area contributed by atoms with Crippen LogP contribution in [0.4, 0.5) is 5.69 Å². The van der Waals surface area contributed by atoms with Crippen molar-refractivity contribution >= 4 is 23.5 Å². The van der Waals surface area contributed by atoms with Crippen LogP contribution in [0.5, 0.6) is 0 Å². The molecule has 0 atom stereocenters. The van der Waals surface area contributed by atoms with Crippen molar-refractivity contribution in [2.24, 2.45) is 0 Å². The summed E-state index contributed by atoms with van der Waals surface area (Å²) in [6, 6.07) is 2.84. The van der Waals surface area contributed by atoms with Crippen LogP contribution in [-0.4, -0.2) is 41.0 Å². The summed E-state index contributed by atoms with van der Waals surface area (Å²) in [6.07, 6.45) is 1.33. The summed E-state index contributed by atoms with van der Waals surface area (Å²) in [6.45, 7) is 0.111. The van der Waals surface area contributed by atoms with Crippen LogP contribution in [0.1, 0.15) is 10.5 Å². The largest absolute Gasteiger partial charge is 0.477 e. The van der Waals surface area contributed by atoms with E-state index in [-0.39, 0.29) is 30.6 Å². The number of aromatic carboxylic acids is 1. The molecule has 1 aliphatic rings. The van der Waals surface area contributed by atoms with Crippen molar-refractivity contribution in [1.29, 1.82) is 0 Å². The Bertz CT molecular complexity index is 467. The fraction of sp³-hybridized carbons (Fsp3) is 0.200. The van der Waals surface area contributed by atoms with E-state index in [1.807, 2.05) is 0 Å². The number of piperazine rings is 1. The molecular formula is C10H9N3O4.